The highest BCUT2D eigenvalue weighted by Crippen LogP contribution is 2.17. The molecule has 0 fully saturated rings. The fraction of sp³-hybridized carbons (Fsp3) is 0.571. The lowest BCUT2D eigenvalue weighted by molar-refractivity contribution is 0.145. The third kappa shape index (κ3) is 6.00. The average molecular weight is 253 g/mol. The lowest BCUT2D eigenvalue weighted by Crippen LogP contribution is -2.22. The van der Waals surface area contributed by atoms with Crippen molar-refractivity contribution in [1.29, 1.82) is 0 Å². The predicted molar refractivity (Wildman–Crippen MR) is 72.3 cm³/mol. The number of rotatable bonds is 10. The fourth-order valence-electron chi connectivity index (χ4n) is 1.61. The fourth-order valence-corrected chi connectivity index (χ4v) is 1.61. The van der Waals surface area contributed by atoms with Crippen LogP contribution in [0.5, 0.6) is 5.75 Å². The molecular formula is C14H23NO3. The third-order valence-electron chi connectivity index (χ3n) is 2.57. The maximum Gasteiger partial charge on any atom is 0.122 e. The van der Waals surface area contributed by atoms with Crippen molar-refractivity contribution in [3.05, 3.63) is 29.8 Å². The molecule has 1 N–H and O–H groups in total. The van der Waals surface area contributed by atoms with Crippen LogP contribution >= 0.6 is 0 Å². The Labute approximate surface area is 109 Å². The zero-order valence-corrected chi connectivity index (χ0v) is 11.3. The second kappa shape index (κ2) is 9.88. The molecule has 0 spiro atoms. The van der Waals surface area contributed by atoms with E-state index in [2.05, 4.69) is 11.4 Å². The van der Waals surface area contributed by atoms with Crippen LogP contribution in [-0.4, -0.2) is 47.1 Å². The molecule has 0 atom stereocenters. The summed E-state index contributed by atoms with van der Waals surface area (Å²) >= 11 is 0. The summed E-state index contributed by atoms with van der Waals surface area (Å²) < 4.78 is 15.6. The number of ether oxygens (including phenoxy) is 3. The quantitative estimate of drug-likeness (QED) is 0.641. The molecule has 0 saturated heterocycles. The number of hydrogen-bond donors (Lipinski definition) is 1. The van der Waals surface area contributed by atoms with Crippen LogP contribution in [0.4, 0.5) is 0 Å². The van der Waals surface area contributed by atoms with Gasteiger partial charge in [0.2, 0.25) is 0 Å². The molecule has 0 amide bonds. The molecule has 18 heavy (non-hydrogen) atoms. The Morgan fingerprint density at radius 3 is 2.50 bits per heavy atom. The minimum Gasteiger partial charge on any atom is -0.491 e. The van der Waals surface area contributed by atoms with E-state index >= 15 is 0 Å². The van der Waals surface area contributed by atoms with Crippen molar-refractivity contribution in [3.8, 4) is 5.75 Å². The van der Waals surface area contributed by atoms with E-state index in [4.69, 9.17) is 14.2 Å². The van der Waals surface area contributed by atoms with Crippen LogP contribution in [0.15, 0.2) is 24.3 Å². The highest BCUT2D eigenvalue weighted by Gasteiger charge is 2.02. The highest BCUT2D eigenvalue weighted by atomic mass is 16.5. The lowest BCUT2D eigenvalue weighted by atomic mass is 10.1. The highest BCUT2D eigenvalue weighted by molar-refractivity contribution is 5.33. The second-order valence-electron chi connectivity index (χ2n) is 3.94. The molecular weight excluding hydrogens is 230 g/mol. The van der Waals surface area contributed by atoms with E-state index in [1.54, 1.807) is 14.2 Å². The van der Waals surface area contributed by atoms with Gasteiger partial charge in [-0.1, -0.05) is 18.2 Å². The van der Waals surface area contributed by atoms with E-state index in [9.17, 15) is 0 Å². The third-order valence-corrected chi connectivity index (χ3v) is 2.57. The van der Waals surface area contributed by atoms with Gasteiger partial charge < -0.3 is 19.5 Å². The van der Waals surface area contributed by atoms with Crippen LogP contribution in [0.25, 0.3) is 0 Å². The summed E-state index contributed by atoms with van der Waals surface area (Å²) in [7, 11) is 3.38. The summed E-state index contributed by atoms with van der Waals surface area (Å²) in [6.07, 6.45) is 0.951. The molecule has 0 bridgehead atoms. The van der Waals surface area contributed by atoms with Gasteiger partial charge in [0, 0.05) is 20.8 Å². The van der Waals surface area contributed by atoms with E-state index in [1.807, 2.05) is 18.2 Å². The summed E-state index contributed by atoms with van der Waals surface area (Å²) in [6, 6.07) is 8.12. The number of benzene rings is 1. The number of methoxy groups -OCH3 is 2. The van der Waals surface area contributed by atoms with E-state index in [1.165, 1.54) is 5.56 Å². The van der Waals surface area contributed by atoms with Gasteiger partial charge in [-0.15, -0.1) is 0 Å². The van der Waals surface area contributed by atoms with Gasteiger partial charge in [-0.3, -0.25) is 0 Å². The van der Waals surface area contributed by atoms with Crippen LogP contribution in [0.1, 0.15) is 5.56 Å². The van der Waals surface area contributed by atoms with Gasteiger partial charge in [-0.25, -0.2) is 0 Å². The zero-order valence-electron chi connectivity index (χ0n) is 11.3. The molecule has 0 aliphatic rings. The molecule has 1 rings (SSSR count). The molecule has 4 heteroatoms. The van der Waals surface area contributed by atoms with Crippen molar-refractivity contribution in [3.63, 3.8) is 0 Å². The first-order chi connectivity index (χ1) is 8.88. The van der Waals surface area contributed by atoms with E-state index in [0.29, 0.717) is 13.2 Å². The van der Waals surface area contributed by atoms with Crippen molar-refractivity contribution >= 4 is 0 Å². The topological polar surface area (TPSA) is 39.7 Å². The molecule has 1 aromatic rings. The average Bonchev–Trinajstić information content (AvgIpc) is 2.40. The lowest BCUT2D eigenvalue weighted by Gasteiger charge is -2.11. The SMILES string of the molecule is COCCNCCc1ccccc1OCCOC. The van der Waals surface area contributed by atoms with Crippen LogP contribution in [0, 0.1) is 0 Å². The van der Waals surface area contributed by atoms with Crippen LogP contribution < -0.4 is 10.1 Å². The first kappa shape index (κ1) is 15.0. The first-order valence-electron chi connectivity index (χ1n) is 6.27. The normalized spacial score (nSPS) is 10.6. The molecule has 0 unspecified atom stereocenters. The Kier molecular flexibility index (Phi) is 8.21. The molecule has 102 valence electrons. The van der Waals surface area contributed by atoms with Crippen LogP contribution in [0.3, 0.4) is 0 Å². The Balaban J connectivity index is 2.33. The summed E-state index contributed by atoms with van der Waals surface area (Å²) in [6.45, 7) is 3.74. The Morgan fingerprint density at radius 1 is 0.944 bits per heavy atom. The molecule has 0 aliphatic carbocycles. The van der Waals surface area contributed by atoms with E-state index in [0.717, 1.165) is 31.9 Å². The molecule has 4 nitrogen and oxygen atoms in total. The molecule has 0 radical (unpaired) electrons. The number of nitrogens with one attached hydrogen (secondary N) is 1. The smallest absolute Gasteiger partial charge is 0.122 e. The van der Waals surface area contributed by atoms with Crippen molar-refractivity contribution in [2.75, 3.05) is 47.1 Å². The maximum absolute atomic E-state index is 5.68. The van der Waals surface area contributed by atoms with Gasteiger partial charge in [0.25, 0.3) is 0 Å². The molecule has 0 heterocycles. The Morgan fingerprint density at radius 2 is 1.72 bits per heavy atom. The van der Waals surface area contributed by atoms with Crippen LogP contribution in [0.2, 0.25) is 0 Å². The summed E-state index contributed by atoms with van der Waals surface area (Å²) in [5.41, 5.74) is 1.22. The van der Waals surface area contributed by atoms with E-state index < -0.39 is 0 Å². The van der Waals surface area contributed by atoms with Crippen molar-refractivity contribution < 1.29 is 14.2 Å². The van der Waals surface area contributed by atoms with Gasteiger partial charge in [0.15, 0.2) is 0 Å². The standard InChI is InChI=1S/C14H23NO3/c1-16-10-9-15-8-7-13-5-3-4-6-14(13)18-12-11-17-2/h3-6,15H,7-12H2,1-2H3. The van der Waals surface area contributed by atoms with E-state index in [-0.39, 0.29) is 0 Å². The Bertz CT molecular complexity index is 318. The number of para-hydroxylation sites is 1. The molecule has 0 aliphatic heterocycles. The molecule has 0 aromatic heterocycles. The first-order valence-corrected chi connectivity index (χ1v) is 6.27. The van der Waals surface area contributed by atoms with Crippen LogP contribution in [-0.2, 0) is 15.9 Å². The second-order valence-corrected chi connectivity index (χ2v) is 3.94. The van der Waals surface area contributed by atoms with Crippen molar-refractivity contribution in [2.24, 2.45) is 0 Å². The van der Waals surface area contributed by atoms with Gasteiger partial charge in [-0.05, 0) is 24.6 Å². The largest absolute Gasteiger partial charge is 0.491 e. The summed E-state index contributed by atoms with van der Waals surface area (Å²) in [4.78, 5) is 0. The van der Waals surface area contributed by atoms with Crippen molar-refractivity contribution in [1.82, 2.24) is 5.32 Å². The predicted octanol–water partition coefficient (Wildman–Crippen LogP) is 1.49. The van der Waals surface area contributed by atoms with Gasteiger partial charge in [0.05, 0.1) is 13.2 Å². The van der Waals surface area contributed by atoms with Gasteiger partial charge in [0.1, 0.15) is 12.4 Å². The van der Waals surface area contributed by atoms with Gasteiger partial charge >= 0.3 is 0 Å². The molecule has 1 aromatic carbocycles. The zero-order chi connectivity index (χ0) is 13.1. The monoisotopic (exact) mass is 253 g/mol. The minimum absolute atomic E-state index is 0.588. The minimum atomic E-state index is 0.588. The molecule has 0 saturated carbocycles. The van der Waals surface area contributed by atoms with Crippen molar-refractivity contribution in [2.45, 2.75) is 6.42 Å². The van der Waals surface area contributed by atoms with Gasteiger partial charge in [-0.2, -0.15) is 0 Å². The summed E-state index contributed by atoms with van der Waals surface area (Å²) in [5, 5.41) is 3.32. The Hall–Kier alpha value is -1.10. The maximum atomic E-state index is 5.68. The summed E-state index contributed by atoms with van der Waals surface area (Å²) in [5.74, 6) is 0.947. The number of hydrogen-bond acceptors (Lipinski definition) is 4.